The minimum Gasteiger partial charge on any atom is -0.361 e. The Morgan fingerprint density at radius 2 is 1.50 bits per heavy atom. The Hall–Kier alpha value is -5.45. The zero-order chi connectivity index (χ0) is 44.2. The van der Waals surface area contributed by atoms with E-state index in [1.165, 1.54) is 17.0 Å². The van der Waals surface area contributed by atoms with Crippen LogP contribution in [0.2, 0.25) is 0 Å². The van der Waals surface area contributed by atoms with Gasteiger partial charge >= 0.3 is 6.18 Å². The van der Waals surface area contributed by atoms with Crippen molar-refractivity contribution < 1.29 is 41.9 Å². The first kappa shape index (κ1) is 44.6. The summed E-state index contributed by atoms with van der Waals surface area (Å²) in [5.41, 5.74) is 5.47. The Bertz CT molecular complexity index is 2140. The third-order valence-corrected chi connectivity index (χ3v) is 13.2. The molecule has 2 saturated carbocycles. The smallest absolute Gasteiger partial charge is 0.361 e. The number of alkyl halides is 3. The molecular formula is C45H57F3N8O6. The minimum atomic E-state index is -4.59. The molecule has 1 aromatic heterocycles. The number of amides is 6. The summed E-state index contributed by atoms with van der Waals surface area (Å²) in [7, 11) is 0. The van der Waals surface area contributed by atoms with E-state index in [0.717, 1.165) is 42.3 Å². The molecule has 1 spiro atoms. The van der Waals surface area contributed by atoms with Crippen LogP contribution in [0.15, 0.2) is 54.7 Å². The Labute approximate surface area is 358 Å². The van der Waals surface area contributed by atoms with Crippen molar-refractivity contribution in [2.75, 3.05) is 19.6 Å². The van der Waals surface area contributed by atoms with Crippen molar-refractivity contribution >= 4 is 46.3 Å². The van der Waals surface area contributed by atoms with Gasteiger partial charge in [0.15, 0.2) is 0 Å². The van der Waals surface area contributed by atoms with Crippen LogP contribution in [0.3, 0.4) is 0 Å². The summed E-state index contributed by atoms with van der Waals surface area (Å²) >= 11 is 0. The van der Waals surface area contributed by atoms with E-state index in [0.29, 0.717) is 43.2 Å². The zero-order valence-electron chi connectivity index (χ0n) is 35.0. The monoisotopic (exact) mass is 862 g/mol. The van der Waals surface area contributed by atoms with E-state index < -0.39 is 76.9 Å². The Kier molecular flexibility index (Phi) is 13.6. The average molecular weight is 863 g/mol. The molecule has 6 amide bonds. The van der Waals surface area contributed by atoms with Gasteiger partial charge in [-0.25, -0.2) is 0 Å². The van der Waals surface area contributed by atoms with Crippen molar-refractivity contribution in [3.63, 3.8) is 0 Å². The van der Waals surface area contributed by atoms with Crippen molar-refractivity contribution in [3.8, 4) is 0 Å². The second kappa shape index (κ2) is 18.9. The maximum atomic E-state index is 14.7. The van der Waals surface area contributed by atoms with Crippen molar-refractivity contribution in [1.29, 1.82) is 0 Å². The van der Waals surface area contributed by atoms with Crippen LogP contribution in [0, 0.1) is 5.92 Å². The molecule has 17 heteroatoms. The molecule has 3 aromatic rings. The predicted octanol–water partition coefficient (Wildman–Crippen LogP) is 3.62. The third kappa shape index (κ3) is 9.62. The molecule has 7 N–H and O–H groups in total. The summed E-state index contributed by atoms with van der Waals surface area (Å²) in [6.45, 7) is 1.69. The summed E-state index contributed by atoms with van der Waals surface area (Å²) in [5, 5.41) is 12.4. The maximum absolute atomic E-state index is 14.7. The molecule has 2 aliphatic carbocycles. The van der Waals surface area contributed by atoms with Crippen molar-refractivity contribution in [3.05, 3.63) is 71.4 Å². The number of nitrogens with zero attached hydrogens (tertiary/aromatic N) is 2. The molecule has 2 saturated heterocycles. The number of rotatable bonds is 8. The highest BCUT2D eigenvalue weighted by molar-refractivity contribution is 6.00. The standard InChI is InChI=1S/C45H57F3N8O6/c1-2-21-55-26-38(57)56-36-12-6-3-9-28(36)24-37(56)41(60)52-34(22-27-13-15-30(16-14-27)45(46,47)48)40(59)54-44(18-7-8-19-44)43(62)53-35(39(58)51-33(17-20-49)42(55)61)23-29-25-50-32-11-5-4-10-31(29)32/h4-5,10-11,13-16,25,28,33-37,50H,2-3,6-9,12,17-24,26,49H2,1H3,(H,51,58)(H,52,60)(H,53,62)(H,54,59)/t28-,33?,34?,35?,36-,37?/m0/s1. The molecule has 2 aromatic carbocycles. The molecule has 4 fully saturated rings. The number of fused-ring (bicyclic) bond motifs is 4. The number of halogens is 3. The van der Waals surface area contributed by atoms with Gasteiger partial charge < -0.3 is 41.8 Å². The zero-order valence-corrected chi connectivity index (χ0v) is 35.0. The Morgan fingerprint density at radius 1 is 0.806 bits per heavy atom. The fourth-order valence-electron chi connectivity index (χ4n) is 10.0. The summed E-state index contributed by atoms with van der Waals surface area (Å²) in [6, 6.07) is 6.77. The molecular weight excluding hydrogens is 806 g/mol. The van der Waals surface area contributed by atoms with E-state index in [-0.39, 0.29) is 63.7 Å². The lowest BCUT2D eigenvalue weighted by Gasteiger charge is -2.37. The van der Waals surface area contributed by atoms with Crippen LogP contribution in [-0.4, -0.2) is 106 Å². The van der Waals surface area contributed by atoms with Gasteiger partial charge in [-0.15, -0.1) is 0 Å². The number of carbonyl (C=O) groups is 6. The summed E-state index contributed by atoms with van der Waals surface area (Å²) in [6.07, 6.45) is 2.55. The van der Waals surface area contributed by atoms with E-state index >= 15 is 0 Å². The first-order chi connectivity index (χ1) is 29.7. The number of hydrogen-bond acceptors (Lipinski definition) is 7. The second-order valence-corrected chi connectivity index (χ2v) is 17.4. The molecule has 0 bridgehead atoms. The molecule has 2 aliphatic heterocycles. The van der Waals surface area contributed by atoms with Crippen LogP contribution in [-0.2, 0) is 47.8 Å². The molecule has 4 unspecified atom stereocenters. The lowest BCUT2D eigenvalue weighted by molar-refractivity contribution is -0.147. The van der Waals surface area contributed by atoms with Crippen LogP contribution in [0.1, 0.15) is 94.2 Å². The van der Waals surface area contributed by atoms with Gasteiger partial charge in [-0.3, -0.25) is 28.8 Å². The fourth-order valence-corrected chi connectivity index (χ4v) is 10.0. The summed E-state index contributed by atoms with van der Waals surface area (Å²) < 4.78 is 40.6. The fraction of sp³-hybridized carbons (Fsp3) is 0.556. The topological polar surface area (TPSA) is 199 Å². The van der Waals surface area contributed by atoms with Crippen molar-refractivity contribution in [2.45, 2.75) is 132 Å². The van der Waals surface area contributed by atoms with Crippen LogP contribution < -0.4 is 27.0 Å². The van der Waals surface area contributed by atoms with E-state index in [1.807, 2.05) is 31.2 Å². The molecule has 62 heavy (non-hydrogen) atoms. The maximum Gasteiger partial charge on any atom is 0.416 e. The van der Waals surface area contributed by atoms with Gasteiger partial charge in [0, 0.05) is 42.5 Å². The van der Waals surface area contributed by atoms with Gasteiger partial charge in [-0.2, -0.15) is 13.2 Å². The number of carbonyl (C=O) groups excluding carboxylic acids is 6. The number of aromatic amines is 1. The summed E-state index contributed by atoms with van der Waals surface area (Å²) in [4.78, 5) is 93.5. The number of H-pyrrole nitrogens is 1. The largest absolute Gasteiger partial charge is 0.416 e. The average Bonchev–Trinajstić information content (AvgIpc) is 4.00. The van der Waals surface area contributed by atoms with Gasteiger partial charge in [-0.05, 0) is 86.7 Å². The van der Waals surface area contributed by atoms with Crippen LogP contribution in [0.4, 0.5) is 13.2 Å². The van der Waals surface area contributed by atoms with E-state index in [1.54, 1.807) is 11.1 Å². The lowest BCUT2D eigenvalue weighted by atomic mass is 9.84. The first-order valence-electron chi connectivity index (χ1n) is 22.0. The number of para-hydroxylation sites is 1. The number of nitrogens with one attached hydrogen (secondary N) is 5. The lowest BCUT2D eigenvalue weighted by Crippen LogP contribution is -2.65. The van der Waals surface area contributed by atoms with Crippen molar-refractivity contribution in [1.82, 2.24) is 36.1 Å². The SMILES string of the molecule is CCCN1CC(=O)N2C(C[C@@H]3CCCC[C@@H]32)C(=O)NC(Cc2ccc(C(F)(F)F)cc2)C(=O)NC2(CCCC2)C(=O)NC(Cc2c[nH]c3ccccc23)C(=O)NC(CCN)C1=O. The highest BCUT2D eigenvalue weighted by Crippen LogP contribution is 2.40. The Morgan fingerprint density at radius 3 is 2.21 bits per heavy atom. The van der Waals surface area contributed by atoms with E-state index in [9.17, 15) is 41.9 Å². The van der Waals surface area contributed by atoms with E-state index in [4.69, 9.17) is 5.73 Å². The van der Waals surface area contributed by atoms with Crippen LogP contribution >= 0.6 is 0 Å². The molecule has 7 rings (SSSR count). The number of nitrogens with two attached hydrogens (primary N) is 1. The van der Waals surface area contributed by atoms with Gasteiger partial charge in [0.1, 0.15) is 29.7 Å². The summed E-state index contributed by atoms with van der Waals surface area (Å²) in [5.74, 6) is -3.59. The highest BCUT2D eigenvalue weighted by atomic mass is 19.4. The first-order valence-corrected chi connectivity index (χ1v) is 22.0. The number of benzene rings is 2. The molecule has 334 valence electrons. The van der Waals surface area contributed by atoms with Gasteiger partial charge in [0.05, 0.1) is 12.1 Å². The second-order valence-electron chi connectivity index (χ2n) is 17.4. The van der Waals surface area contributed by atoms with Crippen LogP contribution in [0.5, 0.6) is 0 Å². The third-order valence-electron chi connectivity index (χ3n) is 13.2. The van der Waals surface area contributed by atoms with Gasteiger partial charge in [-0.1, -0.05) is 62.9 Å². The molecule has 6 atom stereocenters. The van der Waals surface area contributed by atoms with Crippen molar-refractivity contribution in [2.24, 2.45) is 11.7 Å². The normalized spacial score (nSPS) is 26.7. The molecule has 4 aliphatic rings. The minimum absolute atomic E-state index is 0.00103. The predicted molar refractivity (Wildman–Crippen MR) is 224 cm³/mol. The quantitative estimate of drug-likeness (QED) is 0.199. The molecule has 3 heterocycles. The number of aromatic nitrogens is 1. The van der Waals surface area contributed by atoms with Crippen LogP contribution in [0.25, 0.3) is 10.9 Å². The van der Waals surface area contributed by atoms with Gasteiger partial charge in [0.25, 0.3) is 0 Å². The molecule has 0 radical (unpaired) electrons. The van der Waals surface area contributed by atoms with Gasteiger partial charge in [0.2, 0.25) is 35.4 Å². The number of hydrogen-bond donors (Lipinski definition) is 6. The Balaban J connectivity index is 1.29. The molecule has 14 nitrogen and oxygen atoms in total. The highest BCUT2D eigenvalue weighted by Gasteiger charge is 2.50. The van der Waals surface area contributed by atoms with E-state index in [2.05, 4.69) is 26.3 Å².